The van der Waals surface area contributed by atoms with Crippen molar-refractivity contribution in [3.05, 3.63) is 6.92 Å². The van der Waals surface area contributed by atoms with E-state index in [1.807, 2.05) is 0 Å². The summed E-state index contributed by atoms with van der Waals surface area (Å²) in [5.41, 5.74) is 4.89. The molecule has 0 unspecified atom stereocenters. The molecule has 0 heterocycles. The normalized spacial score (nSPS) is 13.6. The summed E-state index contributed by atoms with van der Waals surface area (Å²) in [6.07, 6.45) is 0. The van der Waals surface area contributed by atoms with Crippen LogP contribution in [0.25, 0.3) is 0 Å². The molecule has 3 nitrogen and oxygen atoms in total. The highest BCUT2D eigenvalue weighted by Crippen LogP contribution is 1.73. The van der Waals surface area contributed by atoms with Gasteiger partial charge in [-0.05, 0) is 0 Å². The van der Waals surface area contributed by atoms with Crippen molar-refractivity contribution in [2.24, 2.45) is 5.73 Å². The second-order valence-electron chi connectivity index (χ2n) is 1.19. The molecule has 0 spiro atoms. The maximum Gasteiger partial charge on any atom is 0.156 e. The highest BCUT2D eigenvalue weighted by molar-refractivity contribution is 5.87. The third-order valence-corrected chi connectivity index (χ3v) is 0.562. The highest BCUT2D eigenvalue weighted by atomic mass is 16.3. The van der Waals surface area contributed by atoms with Crippen molar-refractivity contribution in [2.45, 2.75) is 6.04 Å². The van der Waals surface area contributed by atoms with E-state index < -0.39 is 11.8 Å². The van der Waals surface area contributed by atoms with Gasteiger partial charge in [0.2, 0.25) is 0 Å². The molecule has 3 N–H and O–H groups in total. The van der Waals surface area contributed by atoms with Crippen LogP contribution in [0.2, 0.25) is 0 Å². The monoisotopic (exact) mass is 101 g/mol. The molecule has 0 rings (SSSR count). The maximum absolute atomic E-state index is 9.87. The van der Waals surface area contributed by atoms with Gasteiger partial charge in [-0.3, -0.25) is 4.79 Å². The number of hydrogen-bond donors (Lipinski definition) is 2. The minimum Gasteiger partial charge on any atom is -0.394 e. The molecular formula is C4H7NO2. The molecule has 7 heavy (non-hydrogen) atoms. The van der Waals surface area contributed by atoms with E-state index in [-0.39, 0.29) is 6.61 Å². The lowest BCUT2D eigenvalue weighted by molar-refractivity contribution is -0.116. The van der Waals surface area contributed by atoms with Crippen LogP contribution in [0, 0.1) is 6.92 Å². The number of Topliss-reactive ketones (excluding diaryl/α,β-unsaturated/α-hetero) is 1. The van der Waals surface area contributed by atoms with E-state index in [9.17, 15) is 4.79 Å². The Kier molecular flexibility index (Phi) is 2.55. The lowest BCUT2D eigenvalue weighted by Crippen LogP contribution is -2.31. The third-order valence-electron chi connectivity index (χ3n) is 0.562. The average Bonchev–Trinajstić information content (AvgIpc) is 1.65. The largest absolute Gasteiger partial charge is 0.394 e. The molecule has 0 bridgehead atoms. The SMILES string of the molecule is [CH]C(=O)[C@H](N)CO. The first-order chi connectivity index (χ1) is 3.18. The van der Waals surface area contributed by atoms with Gasteiger partial charge >= 0.3 is 0 Å². The van der Waals surface area contributed by atoms with Gasteiger partial charge in [0, 0.05) is 6.92 Å². The molecule has 0 saturated heterocycles. The number of carbonyl (C=O) groups is 1. The van der Waals surface area contributed by atoms with Crippen LogP contribution >= 0.6 is 0 Å². The number of aliphatic hydroxyl groups is 1. The van der Waals surface area contributed by atoms with E-state index >= 15 is 0 Å². The molecule has 0 aromatic rings. The van der Waals surface area contributed by atoms with Crippen molar-refractivity contribution in [1.82, 2.24) is 0 Å². The molecule has 0 aromatic carbocycles. The van der Waals surface area contributed by atoms with E-state index in [2.05, 4.69) is 6.92 Å². The van der Waals surface area contributed by atoms with Crippen LogP contribution in [0.3, 0.4) is 0 Å². The Morgan fingerprint density at radius 1 is 2.00 bits per heavy atom. The number of rotatable bonds is 2. The first kappa shape index (κ1) is 6.59. The van der Waals surface area contributed by atoms with Gasteiger partial charge in [-0.25, -0.2) is 0 Å². The van der Waals surface area contributed by atoms with Gasteiger partial charge in [-0.2, -0.15) is 0 Å². The van der Waals surface area contributed by atoms with E-state index in [1.54, 1.807) is 0 Å². The molecule has 3 heteroatoms. The molecule has 0 aliphatic carbocycles. The van der Waals surface area contributed by atoms with Gasteiger partial charge < -0.3 is 10.8 Å². The molecule has 0 aromatic heterocycles. The lowest BCUT2D eigenvalue weighted by atomic mass is 10.2. The Labute approximate surface area is 42.1 Å². The van der Waals surface area contributed by atoms with Crippen molar-refractivity contribution in [1.29, 1.82) is 0 Å². The first-order valence-corrected chi connectivity index (χ1v) is 1.84. The summed E-state index contributed by atoms with van der Waals surface area (Å²) in [4.78, 5) is 9.87. The number of carbonyl (C=O) groups excluding carboxylic acids is 1. The predicted molar refractivity (Wildman–Crippen MR) is 24.4 cm³/mol. The summed E-state index contributed by atoms with van der Waals surface area (Å²) in [7, 11) is 0. The van der Waals surface area contributed by atoms with Crippen molar-refractivity contribution in [3.8, 4) is 0 Å². The fourth-order valence-electron chi connectivity index (χ4n) is 0.0900. The highest BCUT2D eigenvalue weighted by Gasteiger charge is 2.03. The van der Waals surface area contributed by atoms with Crippen LogP contribution in [0.15, 0.2) is 0 Å². The van der Waals surface area contributed by atoms with E-state index in [4.69, 9.17) is 10.8 Å². The quantitative estimate of drug-likeness (QED) is 0.449. The minimum atomic E-state index is -0.903. The Morgan fingerprint density at radius 2 is 2.43 bits per heavy atom. The van der Waals surface area contributed by atoms with Gasteiger partial charge in [0.25, 0.3) is 0 Å². The zero-order valence-electron chi connectivity index (χ0n) is 3.79. The third kappa shape index (κ3) is 2.31. The van der Waals surface area contributed by atoms with Crippen LogP contribution < -0.4 is 5.73 Å². The van der Waals surface area contributed by atoms with Crippen LogP contribution in [0.1, 0.15) is 0 Å². The van der Waals surface area contributed by atoms with Gasteiger partial charge in [-0.15, -0.1) is 0 Å². The average molecular weight is 101 g/mol. The Morgan fingerprint density at radius 3 is 2.43 bits per heavy atom. The van der Waals surface area contributed by atoms with Crippen molar-refractivity contribution in [2.75, 3.05) is 6.61 Å². The Hall–Kier alpha value is -0.410. The van der Waals surface area contributed by atoms with Crippen molar-refractivity contribution in [3.63, 3.8) is 0 Å². The van der Waals surface area contributed by atoms with Crippen molar-refractivity contribution < 1.29 is 9.90 Å². The molecule has 0 aliphatic heterocycles. The second-order valence-corrected chi connectivity index (χ2v) is 1.19. The van der Waals surface area contributed by atoms with Crippen molar-refractivity contribution >= 4 is 5.78 Å². The summed E-state index contributed by atoms with van der Waals surface area (Å²) >= 11 is 0. The number of ketones is 1. The van der Waals surface area contributed by atoms with Gasteiger partial charge in [-0.1, -0.05) is 0 Å². The molecular weight excluding hydrogens is 94.0 g/mol. The molecule has 0 saturated carbocycles. The topological polar surface area (TPSA) is 63.3 Å². The van der Waals surface area contributed by atoms with Gasteiger partial charge in [0.15, 0.2) is 5.78 Å². The maximum atomic E-state index is 9.87. The fraction of sp³-hybridized carbons (Fsp3) is 0.500. The van der Waals surface area contributed by atoms with Crippen LogP contribution in [-0.2, 0) is 4.79 Å². The summed E-state index contributed by atoms with van der Waals surface area (Å²) in [6.45, 7) is 4.24. The summed E-state index contributed by atoms with van der Waals surface area (Å²) in [6, 6.07) is -0.903. The van der Waals surface area contributed by atoms with E-state index in [0.29, 0.717) is 0 Å². The van der Waals surface area contributed by atoms with Crippen LogP contribution in [0.5, 0.6) is 0 Å². The van der Waals surface area contributed by atoms with E-state index in [1.165, 1.54) is 0 Å². The predicted octanol–water partition coefficient (Wildman–Crippen LogP) is -1.41. The summed E-state index contributed by atoms with van der Waals surface area (Å²) in [5, 5.41) is 8.08. The minimum absolute atomic E-state index is 0.380. The molecule has 40 valence electrons. The first-order valence-electron chi connectivity index (χ1n) is 1.84. The number of nitrogens with two attached hydrogens (primary N) is 1. The molecule has 1 atom stereocenters. The standard InChI is InChI=1S/C4H7NO2/c1-3(7)4(5)2-6/h1,4,6H,2,5H2/t4-/m1/s1. The second kappa shape index (κ2) is 2.71. The van der Waals surface area contributed by atoms with Gasteiger partial charge in [0.05, 0.1) is 12.6 Å². The lowest BCUT2D eigenvalue weighted by Gasteiger charge is -1.97. The number of hydrogen-bond acceptors (Lipinski definition) is 3. The number of aliphatic hydroxyl groups excluding tert-OH is 1. The van der Waals surface area contributed by atoms with Crippen LogP contribution in [-0.4, -0.2) is 23.5 Å². The summed E-state index contributed by atoms with van der Waals surface area (Å²) in [5.74, 6) is -0.678. The molecule has 0 aliphatic rings. The summed E-state index contributed by atoms with van der Waals surface area (Å²) < 4.78 is 0. The van der Waals surface area contributed by atoms with Gasteiger partial charge in [0.1, 0.15) is 0 Å². The molecule has 2 radical (unpaired) electrons. The zero-order chi connectivity index (χ0) is 5.86. The molecule has 0 fully saturated rings. The fourth-order valence-corrected chi connectivity index (χ4v) is 0.0900. The van der Waals surface area contributed by atoms with Crippen LogP contribution in [0.4, 0.5) is 0 Å². The Bertz CT molecular complexity index is 72.1. The molecule has 0 amide bonds. The van der Waals surface area contributed by atoms with E-state index in [0.717, 1.165) is 0 Å². The Balaban J connectivity index is 3.34. The zero-order valence-corrected chi connectivity index (χ0v) is 3.79. The smallest absolute Gasteiger partial charge is 0.156 e.